The molecule has 9 nitrogen and oxygen atoms in total. The quantitative estimate of drug-likeness (QED) is 0.122. The van der Waals surface area contributed by atoms with E-state index in [1.54, 1.807) is 43.3 Å². The van der Waals surface area contributed by atoms with Gasteiger partial charge in [0.25, 0.3) is 5.91 Å². The van der Waals surface area contributed by atoms with Crippen LogP contribution in [0.15, 0.2) is 68.6 Å². The highest BCUT2D eigenvalue weighted by Crippen LogP contribution is 2.45. The summed E-state index contributed by atoms with van der Waals surface area (Å²) in [4.78, 5) is 28.3. The molecule has 1 N–H and O–H groups in total. The van der Waals surface area contributed by atoms with Gasteiger partial charge in [0.1, 0.15) is 5.76 Å². The van der Waals surface area contributed by atoms with Crippen LogP contribution in [0.4, 0.5) is 5.13 Å². The number of Topliss-reactive ketones (excluding diaryl/α,β-unsaturated/α-hetero) is 1. The molecule has 4 aromatic rings. The van der Waals surface area contributed by atoms with Crippen LogP contribution in [0.3, 0.4) is 0 Å². The summed E-state index contributed by atoms with van der Waals surface area (Å²) in [6.45, 7) is 1.70. The van der Waals surface area contributed by atoms with Crippen LogP contribution >= 0.6 is 46.3 Å². The Bertz CT molecular complexity index is 1650. The fourth-order valence-corrected chi connectivity index (χ4v) is 6.62. The largest absolute Gasteiger partial charge is 0.503 e. The Kier molecular flexibility index (Phi) is 8.09. The maximum absolute atomic E-state index is 13.6. The zero-order valence-electron chi connectivity index (χ0n) is 21.3. The Morgan fingerprint density at radius 3 is 2.55 bits per heavy atom. The SMILES string of the molecule is COc1ccc(C2C(C(=O)c3ccc(C)o3)=C(O)C(=O)N2c2nnc(SCc3ccc(Cl)cc3Cl)s2)cc1OC. The predicted octanol–water partition coefficient (Wildman–Crippen LogP) is 6.84. The number of carbonyl (C=O) groups excluding carboxylic acids is 2. The maximum Gasteiger partial charge on any atom is 0.296 e. The van der Waals surface area contributed by atoms with E-state index >= 15 is 0 Å². The first-order chi connectivity index (χ1) is 19.2. The Morgan fingerprint density at radius 2 is 1.88 bits per heavy atom. The molecular formula is C27H21Cl2N3O6S2. The molecule has 2 aromatic carbocycles. The van der Waals surface area contributed by atoms with E-state index in [0.29, 0.717) is 43.0 Å². The summed E-state index contributed by atoms with van der Waals surface area (Å²) in [5.74, 6) is -0.281. The minimum absolute atomic E-state index is 0.00692. The minimum atomic E-state index is -1.04. The molecule has 1 unspecified atom stereocenters. The molecule has 5 rings (SSSR count). The number of hydrogen-bond acceptors (Lipinski definition) is 10. The smallest absolute Gasteiger partial charge is 0.296 e. The number of rotatable bonds is 9. The van der Waals surface area contributed by atoms with Gasteiger partial charge in [-0.3, -0.25) is 14.5 Å². The lowest BCUT2D eigenvalue weighted by Gasteiger charge is -2.24. The summed E-state index contributed by atoms with van der Waals surface area (Å²) in [6.07, 6.45) is 0. The van der Waals surface area contributed by atoms with Crippen LogP contribution in [0.2, 0.25) is 10.0 Å². The monoisotopic (exact) mass is 617 g/mol. The molecule has 1 amide bonds. The Balaban J connectivity index is 1.52. The second kappa shape index (κ2) is 11.5. The molecule has 0 saturated carbocycles. The van der Waals surface area contributed by atoms with Crippen LogP contribution in [-0.4, -0.2) is 41.2 Å². The molecule has 206 valence electrons. The summed E-state index contributed by atoms with van der Waals surface area (Å²) in [5, 5.41) is 20.7. The number of amides is 1. The van der Waals surface area contributed by atoms with E-state index in [0.717, 1.165) is 16.9 Å². The number of furan rings is 1. The lowest BCUT2D eigenvalue weighted by Crippen LogP contribution is -2.31. The van der Waals surface area contributed by atoms with E-state index in [1.807, 2.05) is 6.07 Å². The van der Waals surface area contributed by atoms with E-state index in [2.05, 4.69) is 10.2 Å². The fourth-order valence-electron chi connectivity index (χ4n) is 4.20. The topological polar surface area (TPSA) is 115 Å². The van der Waals surface area contributed by atoms with Crippen molar-refractivity contribution in [1.29, 1.82) is 0 Å². The van der Waals surface area contributed by atoms with Gasteiger partial charge in [0, 0.05) is 15.8 Å². The standard InChI is InChI=1S/C27H21Cl2N3O6S2/c1-13-4-8-19(38-13)23(33)21-22(14-6-9-18(36-2)20(10-14)37-3)32(25(35)24(21)34)26-30-31-27(40-26)39-12-15-5-7-16(28)11-17(15)29/h4-11,22,34H,12H2,1-3H3. The molecule has 1 aliphatic rings. The molecule has 13 heteroatoms. The minimum Gasteiger partial charge on any atom is -0.503 e. The first-order valence-corrected chi connectivity index (χ1v) is 14.3. The summed E-state index contributed by atoms with van der Waals surface area (Å²) < 4.78 is 16.9. The number of carbonyl (C=O) groups is 2. The first-order valence-electron chi connectivity index (χ1n) is 11.7. The van der Waals surface area contributed by atoms with E-state index < -0.39 is 23.5 Å². The van der Waals surface area contributed by atoms with Gasteiger partial charge < -0.3 is 19.0 Å². The molecule has 1 aliphatic heterocycles. The number of aryl methyl sites for hydroxylation is 1. The van der Waals surface area contributed by atoms with E-state index in [1.165, 1.54) is 36.9 Å². The number of benzene rings is 2. The van der Waals surface area contributed by atoms with Crippen molar-refractivity contribution >= 4 is 63.1 Å². The van der Waals surface area contributed by atoms with Gasteiger partial charge in [-0.25, -0.2) is 0 Å². The molecule has 3 heterocycles. The normalized spacial score (nSPS) is 15.2. The highest BCUT2D eigenvalue weighted by molar-refractivity contribution is 8.00. The molecule has 0 fully saturated rings. The third-order valence-corrected chi connectivity index (χ3v) is 8.80. The summed E-state index contributed by atoms with van der Waals surface area (Å²) in [7, 11) is 2.98. The lowest BCUT2D eigenvalue weighted by atomic mass is 9.95. The fraction of sp³-hybridized carbons (Fsp3) is 0.185. The van der Waals surface area contributed by atoms with Gasteiger partial charge in [-0.15, -0.1) is 10.2 Å². The molecule has 0 aliphatic carbocycles. The number of nitrogens with zero attached hydrogens (tertiary/aromatic N) is 3. The number of aromatic nitrogens is 2. The van der Waals surface area contributed by atoms with E-state index in [4.69, 9.17) is 37.1 Å². The summed E-state index contributed by atoms with van der Waals surface area (Å²) >= 11 is 14.8. The van der Waals surface area contributed by atoms with Crippen molar-refractivity contribution < 1.29 is 28.6 Å². The number of thioether (sulfide) groups is 1. The number of hydrogen-bond donors (Lipinski definition) is 1. The maximum atomic E-state index is 13.6. The Labute approximate surface area is 247 Å². The second-order valence-corrected chi connectivity index (χ2v) is 11.6. The highest BCUT2D eigenvalue weighted by atomic mass is 35.5. The van der Waals surface area contributed by atoms with Crippen LogP contribution in [0.5, 0.6) is 11.5 Å². The Hall–Kier alpha value is -3.51. The molecular weight excluding hydrogens is 597 g/mol. The van der Waals surface area contributed by atoms with Crippen LogP contribution < -0.4 is 14.4 Å². The second-order valence-electron chi connectivity index (χ2n) is 8.57. The van der Waals surface area contributed by atoms with E-state index in [-0.39, 0.29) is 16.5 Å². The number of aliphatic hydroxyl groups is 1. The van der Waals surface area contributed by atoms with Crippen LogP contribution in [0.1, 0.15) is 33.5 Å². The number of aliphatic hydroxyl groups excluding tert-OH is 1. The van der Waals surface area contributed by atoms with Crippen molar-refractivity contribution in [3.63, 3.8) is 0 Å². The zero-order valence-corrected chi connectivity index (χ0v) is 24.5. The van der Waals surface area contributed by atoms with Crippen molar-refractivity contribution in [2.24, 2.45) is 0 Å². The van der Waals surface area contributed by atoms with Crippen LogP contribution in [0, 0.1) is 6.92 Å². The average Bonchev–Trinajstić information content (AvgIpc) is 3.65. The zero-order chi connectivity index (χ0) is 28.6. The van der Waals surface area contributed by atoms with Crippen molar-refractivity contribution in [2.45, 2.75) is 23.1 Å². The van der Waals surface area contributed by atoms with Crippen molar-refractivity contribution in [3.8, 4) is 11.5 Å². The number of halogens is 2. The van der Waals surface area contributed by atoms with Gasteiger partial charge >= 0.3 is 0 Å². The highest BCUT2D eigenvalue weighted by Gasteiger charge is 2.47. The molecule has 40 heavy (non-hydrogen) atoms. The van der Waals surface area contributed by atoms with Gasteiger partial charge in [-0.1, -0.05) is 58.4 Å². The predicted molar refractivity (Wildman–Crippen MR) is 153 cm³/mol. The number of methoxy groups -OCH3 is 2. The van der Waals surface area contributed by atoms with Gasteiger partial charge in [0.2, 0.25) is 10.9 Å². The third-order valence-electron chi connectivity index (χ3n) is 6.11. The summed E-state index contributed by atoms with van der Waals surface area (Å²) in [6, 6.07) is 12.3. The number of anilines is 1. The molecule has 0 radical (unpaired) electrons. The molecule has 1 atom stereocenters. The number of ketones is 1. The third kappa shape index (κ3) is 5.29. The van der Waals surface area contributed by atoms with Crippen molar-refractivity contribution in [3.05, 3.63) is 92.6 Å². The molecule has 0 spiro atoms. The van der Waals surface area contributed by atoms with Crippen LogP contribution in [-0.2, 0) is 10.5 Å². The average molecular weight is 619 g/mol. The van der Waals surface area contributed by atoms with Crippen LogP contribution in [0.25, 0.3) is 0 Å². The summed E-state index contributed by atoms with van der Waals surface area (Å²) in [5.41, 5.74) is 1.19. The first kappa shape index (κ1) is 28.0. The van der Waals surface area contributed by atoms with Gasteiger partial charge in [0.05, 0.1) is 25.8 Å². The molecule has 0 saturated heterocycles. The Morgan fingerprint density at radius 1 is 1.10 bits per heavy atom. The lowest BCUT2D eigenvalue weighted by molar-refractivity contribution is -0.117. The van der Waals surface area contributed by atoms with E-state index in [9.17, 15) is 14.7 Å². The van der Waals surface area contributed by atoms with Gasteiger partial charge in [-0.05, 0) is 54.4 Å². The van der Waals surface area contributed by atoms with Crippen molar-refractivity contribution in [2.75, 3.05) is 19.1 Å². The van der Waals surface area contributed by atoms with Gasteiger partial charge in [0.15, 0.2) is 27.4 Å². The van der Waals surface area contributed by atoms with Crippen molar-refractivity contribution in [1.82, 2.24) is 10.2 Å². The number of ether oxygens (including phenoxy) is 2. The van der Waals surface area contributed by atoms with Gasteiger partial charge in [-0.2, -0.15) is 0 Å². The molecule has 0 bridgehead atoms. The molecule has 2 aromatic heterocycles.